The summed E-state index contributed by atoms with van der Waals surface area (Å²) in [5.41, 5.74) is 0.619. The van der Waals surface area contributed by atoms with Gasteiger partial charge in [-0.2, -0.15) is 0 Å². The highest BCUT2D eigenvalue weighted by Gasteiger charge is 2.25. The second-order valence-corrected chi connectivity index (χ2v) is 5.69. The SMILES string of the molecule is COc1ccc([C@H](C(=O)O)N(C)CCn2ccnc2C)cc1Cl. The lowest BCUT2D eigenvalue weighted by molar-refractivity contribution is -0.143. The van der Waals surface area contributed by atoms with Crippen molar-refractivity contribution in [2.45, 2.75) is 19.5 Å². The number of aliphatic carboxylic acids is 1. The van der Waals surface area contributed by atoms with Gasteiger partial charge < -0.3 is 14.4 Å². The van der Waals surface area contributed by atoms with E-state index in [0.717, 1.165) is 5.82 Å². The zero-order chi connectivity index (χ0) is 17.0. The van der Waals surface area contributed by atoms with Crippen LogP contribution < -0.4 is 4.74 Å². The van der Waals surface area contributed by atoms with Crippen LogP contribution in [0, 0.1) is 6.92 Å². The lowest BCUT2D eigenvalue weighted by Crippen LogP contribution is -2.33. The number of nitrogens with zero attached hydrogens (tertiary/aromatic N) is 3. The lowest BCUT2D eigenvalue weighted by atomic mass is 10.1. The molecule has 0 spiro atoms. The molecule has 1 N–H and O–H groups in total. The third-order valence-corrected chi connectivity index (χ3v) is 4.08. The zero-order valence-electron chi connectivity index (χ0n) is 13.4. The third-order valence-electron chi connectivity index (χ3n) is 3.78. The molecule has 0 bridgehead atoms. The molecule has 23 heavy (non-hydrogen) atoms. The molecule has 1 aromatic heterocycles. The summed E-state index contributed by atoms with van der Waals surface area (Å²) in [4.78, 5) is 17.6. The summed E-state index contributed by atoms with van der Waals surface area (Å²) in [6, 6.07) is 4.27. The number of aryl methyl sites for hydroxylation is 1. The molecule has 0 aliphatic rings. The Morgan fingerprint density at radius 3 is 2.78 bits per heavy atom. The molecular weight excluding hydrogens is 318 g/mol. The van der Waals surface area contributed by atoms with E-state index in [-0.39, 0.29) is 0 Å². The highest BCUT2D eigenvalue weighted by Crippen LogP contribution is 2.29. The van der Waals surface area contributed by atoms with Crippen LogP contribution in [0.4, 0.5) is 0 Å². The van der Waals surface area contributed by atoms with Crippen LogP contribution >= 0.6 is 11.6 Å². The Morgan fingerprint density at radius 2 is 2.26 bits per heavy atom. The average Bonchev–Trinajstić information content (AvgIpc) is 2.90. The van der Waals surface area contributed by atoms with Crippen LogP contribution in [0.5, 0.6) is 5.75 Å². The first-order valence-electron chi connectivity index (χ1n) is 7.18. The number of hydrogen-bond donors (Lipinski definition) is 1. The van der Waals surface area contributed by atoms with Crippen molar-refractivity contribution in [2.75, 3.05) is 20.7 Å². The number of likely N-dealkylation sites (N-methyl/N-ethyl adjacent to an activating group) is 1. The second-order valence-electron chi connectivity index (χ2n) is 5.28. The fourth-order valence-corrected chi connectivity index (χ4v) is 2.74. The third kappa shape index (κ3) is 4.03. The fourth-order valence-electron chi connectivity index (χ4n) is 2.47. The molecule has 0 saturated carbocycles. The maximum absolute atomic E-state index is 11.7. The molecule has 1 atom stereocenters. The molecule has 0 aliphatic carbocycles. The number of imidazole rings is 1. The number of ether oxygens (including phenoxy) is 1. The normalized spacial score (nSPS) is 12.4. The maximum Gasteiger partial charge on any atom is 0.325 e. The summed E-state index contributed by atoms with van der Waals surface area (Å²) < 4.78 is 7.09. The molecule has 0 saturated heterocycles. The number of halogens is 1. The van der Waals surface area contributed by atoms with E-state index in [1.165, 1.54) is 7.11 Å². The first-order valence-corrected chi connectivity index (χ1v) is 7.56. The van der Waals surface area contributed by atoms with Gasteiger partial charge in [-0.15, -0.1) is 0 Å². The Kier molecular flexibility index (Phi) is 5.63. The highest BCUT2D eigenvalue weighted by atomic mass is 35.5. The summed E-state index contributed by atoms with van der Waals surface area (Å²) >= 11 is 6.11. The monoisotopic (exact) mass is 337 g/mol. The summed E-state index contributed by atoms with van der Waals surface area (Å²) in [5.74, 6) is 0.505. The summed E-state index contributed by atoms with van der Waals surface area (Å²) in [7, 11) is 3.30. The molecule has 0 fully saturated rings. The van der Waals surface area contributed by atoms with Gasteiger partial charge in [-0.05, 0) is 31.7 Å². The number of carboxylic acids is 1. The van der Waals surface area contributed by atoms with Crippen LogP contribution in [-0.2, 0) is 11.3 Å². The number of carbonyl (C=O) groups is 1. The highest BCUT2D eigenvalue weighted by molar-refractivity contribution is 6.32. The zero-order valence-corrected chi connectivity index (χ0v) is 14.1. The van der Waals surface area contributed by atoms with E-state index >= 15 is 0 Å². The first-order chi connectivity index (χ1) is 10.9. The second kappa shape index (κ2) is 7.48. The number of benzene rings is 1. The molecule has 2 aromatic rings. The van der Waals surface area contributed by atoms with E-state index in [1.807, 2.05) is 17.7 Å². The molecule has 0 unspecified atom stereocenters. The number of methoxy groups -OCH3 is 1. The Labute approximate surface area is 140 Å². The van der Waals surface area contributed by atoms with E-state index in [1.54, 1.807) is 36.3 Å². The van der Waals surface area contributed by atoms with E-state index in [2.05, 4.69) is 4.98 Å². The van der Waals surface area contributed by atoms with Crippen molar-refractivity contribution in [1.82, 2.24) is 14.5 Å². The molecule has 7 heteroatoms. The molecule has 1 aromatic carbocycles. The summed E-state index contributed by atoms with van der Waals surface area (Å²) in [5, 5.41) is 9.99. The topological polar surface area (TPSA) is 67.6 Å². The van der Waals surface area contributed by atoms with Gasteiger partial charge in [0.2, 0.25) is 0 Å². The van der Waals surface area contributed by atoms with E-state index in [9.17, 15) is 9.90 Å². The van der Waals surface area contributed by atoms with Crippen molar-refractivity contribution >= 4 is 17.6 Å². The smallest absolute Gasteiger partial charge is 0.325 e. The average molecular weight is 338 g/mol. The van der Waals surface area contributed by atoms with Crippen LogP contribution in [-0.4, -0.2) is 46.2 Å². The summed E-state index contributed by atoms with van der Waals surface area (Å²) in [6.07, 6.45) is 3.61. The number of rotatable bonds is 7. The molecule has 0 amide bonds. The maximum atomic E-state index is 11.7. The quantitative estimate of drug-likeness (QED) is 0.841. The number of carboxylic acid groups (broad SMARTS) is 1. The van der Waals surface area contributed by atoms with Gasteiger partial charge in [-0.1, -0.05) is 17.7 Å². The van der Waals surface area contributed by atoms with Gasteiger partial charge in [0.1, 0.15) is 17.6 Å². The Balaban J connectivity index is 2.15. The van der Waals surface area contributed by atoms with Crippen molar-refractivity contribution in [3.05, 3.63) is 47.0 Å². The molecule has 0 radical (unpaired) electrons. The molecule has 2 rings (SSSR count). The van der Waals surface area contributed by atoms with Crippen molar-refractivity contribution in [1.29, 1.82) is 0 Å². The summed E-state index contributed by atoms with van der Waals surface area (Å²) in [6.45, 7) is 3.14. The van der Waals surface area contributed by atoms with Crippen molar-refractivity contribution < 1.29 is 14.6 Å². The standard InChI is InChI=1S/C16H20ClN3O3/c1-11-18-6-7-20(11)9-8-19(2)15(16(21)22)12-4-5-14(23-3)13(17)10-12/h4-7,10,15H,8-9H2,1-3H3,(H,21,22)/t15-/m1/s1. The van der Waals surface area contributed by atoms with Crippen molar-refractivity contribution in [3.63, 3.8) is 0 Å². The lowest BCUT2D eigenvalue weighted by Gasteiger charge is -2.25. The molecule has 124 valence electrons. The van der Waals surface area contributed by atoms with Gasteiger partial charge in [0.25, 0.3) is 0 Å². The Morgan fingerprint density at radius 1 is 1.52 bits per heavy atom. The van der Waals surface area contributed by atoms with E-state index < -0.39 is 12.0 Å². The van der Waals surface area contributed by atoms with Crippen molar-refractivity contribution in [2.24, 2.45) is 0 Å². The number of hydrogen-bond acceptors (Lipinski definition) is 4. The van der Waals surface area contributed by atoms with Crippen LogP contribution in [0.1, 0.15) is 17.4 Å². The van der Waals surface area contributed by atoms with Gasteiger partial charge in [0.05, 0.1) is 12.1 Å². The largest absolute Gasteiger partial charge is 0.495 e. The van der Waals surface area contributed by atoms with Crippen LogP contribution in [0.3, 0.4) is 0 Å². The van der Waals surface area contributed by atoms with Gasteiger partial charge in [0, 0.05) is 25.5 Å². The molecule has 1 heterocycles. The fraction of sp³-hybridized carbons (Fsp3) is 0.375. The predicted octanol–water partition coefficient (Wildman–Crippen LogP) is 2.61. The van der Waals surface area contributed by atoms with Gasteiger partial charge in [0.15, 0.2) is 0 Å². The van der Waals surface area contributed by atoms with Crippen molar-refractivity contribution in [3.8, 4) is 5.75 Å². The molecular formula is C16H20ClN3O3. The Bertz CT molecular complexity index is 687. The van der Waals surface area contributed by atoms with Crippen LogP contribution in [0.2, 0.25) is 5.02 Å². The minimum atomic E-state index is -0.920. The minimum Gasteiger partial charge on any atom is -0.495 e. The van der Waals surface area contributed by atoms with Gasteiger partial charge in [-0.25, -0.2) is 4.98 Å². The Hall–Kier alpha value is -2.05. The van der Waals surface area contributed by atoms with Gasteiger partial charge in [-0.3, -0.25) is 9.69 Å². The molecule has 0 aliphatic heterocycles. The van der Waals surface area contributed by atoms with E-state index in [0.29, 0.717) is 29.4 Å². The minimum absolute atomic E-state index is 0.398. The van der Waals surface area contributed by atoms with E-state index in [4.69, 9.17) is 16.3 Å². The van der Waals surface area contributed by atoms with Gasteiger partial charge >= 0.3 is 5.97 Å². The first kappa shape index (κ1) is 17.3. The van der Waals surface area contributed by atoms with Crippen LogP contribution in [0.15, 0.2) is 30.6 Å². The van der Waals surface area contributed by atoms with Crippen LogP contribution in [0.25, 0.3) is 0 Å². The number of aromatic nitrogens is 2. The molecule has 6 nitrogen and oxygen atoms in total. The predicted molar refractivity (Wildman–Crippen MR) is 88.0 cm³/mol.